The first-order chi connectivity index (χ1) is 12.4. The maximum absolute atomic E-state index is 13.8. The van der Waals surface area contributed by atoms with Crippen LogP contribution in [0.2, 0.25) is 0 Å². The number of aryl methyl sites for hydroxylation is 1. The highest BCUT2D eigenvalue weighted by atomic mass is 19.1. The van der Waals surface area contributed by atoms with Crippen LogP contribution in [0.5, 0.6) is 0 Å². The van der Waals surface area contributed by atoms with Crippen LogP contribution in [0.4, 0.5) is 10.1 Å². The van der Waals surface area contributed by atoms with Gasteiger partial charge in [-0.15, -0.1) is 0 Å². The molecule has 0 aliphatic rings. The van der Waals surface area contributed by atoms with E-state index in [1.54, 1.807) is 23.1 Å². The molecular weight excluding hydrogens is 331 g/mol. The molecule has 0 fully saturated rings. The summed E-state index contributed by atoms with van der Waals surface area (Å²) < 4.78 is 13.8. The van der Waals surface area contributed by atoms with Crippen LogP contribution in [0, 0.1) is 12.7 Å². The summed E-state index contributed by atoms with van der Waals surface area (Å²) >= 11 is 0. The first-order valence-electron chi connectivity index (χ1n) is 8.78. The van der Waals surface area contributed by atoms with E-state index in [1.165, 1.54) is 17.9 Å². The minimum absolute atomic E-state index is 0.0575. The van der Waals surface area contributed by atoms with Gasteiger partial charge in [0.1, 0.15) is 5.82 Å². The van der Waals surface area contributed by atoms with E-state index in [0.717, 1.165) is 11.3 Å². The molecule has 0 bridgehead atoms. The number of anilines is 1. The van der Waals surface area contributed by atoms with Crippen LogP contribution < -0.4 is 4.90 Å². The summed E-state index contributed by atoms with van der Waals surface area (Å²) in [7, 11) is 0. The van der Waals surface area contributed by atoms with E-state index < -0.39 is 0 Å². The molecule has 2 aromatic carbocycles. The quantitative estimate of drug-likeness (QED) is 0.754. The van der Waals surface area contributed by atoms with Crippen molar-refractivity contribution in [3.05, 3.63) is 65.5 Å². The molecule has 4 nitrogen and oxygen atoms in total. The molecule has 0 atom stereocenters. The third-order valence-corrected chi connectivity index (χ3v) is 4.29. The second-order valence-corrected chi connectivity index (χ2v) is 6.26. The van der Waals surface area contributed by atoms with Gasteiger partial charge < -0.3 is 9.80 Å². The van der Waals surface area contributed by atoms with E-state index in [9.17, 15) is 14.0 Å². The number of amides is 2. The Kier molecular flexibility index (Phi) is 6.89. The van der Waals surface area contributed by atoms with Gasteiger partial charge in [-0.3, -0.25) is 9.59 Å². The van der Waals surface area contributed by atoms with Crippen LogP contribution in [-0.4, -0.2) is 29.8 Å². The van der Waals surface area contributed by atoms with Gasteiger partial charge in [-0.1, -0.05) is 30.3 Å². The van der Waals surface area contributed by atoms with Gasteiger partial charge in [-0.25, -0.2) is 4.39 Å². The number of nitrogens with zero attached hydrogens (tertiary/aromatic N) is 2. The normalized spacial score (nSPS) is 10.5. The number of halogens is 1. The van der Waals surface area contributed by atoms with Gasteiger partial charge in [-0.05, 0) is 37.6 Å². The van der Waals surface area contributed by atoms with Crippen molar-refractivity contribution in [1.29, 1.82) is 0 Å². The van der Waals surface area contributed by atoms with Crippen LogP contribution in [0.3, 0.4) is 0 Å². The first kappa shape index (κ1) is 19.6. The summed E-state index contributed by atoms with van der Waals surface area (Å²) in [5.74, 6) is -0.586. The lowest BCUT2D eigenvalue weighted by Crippen LogP contribution is -2.36. The van der Waals surface area contributed by atoms with Crippen molar-refractivity contribution in [1.82, 2.24) is 4.90 Å². The monoisotopic (exact) mass is 356 g/mol. The minimum Gasteiger partial charge on any atom is -0.338 e. The molecule has 0 saturated heterocycles. The van der Waals surface area contributed by atoms with Crippen molar-refractivity contribution >= 4 is 17.5 Å². The summed E-state index contributed by atoms with van der Waals surface area (Å²) in [6, 6.07) is 14.1. The van der Waals surface area contributed by atoms with Gasteiger partial charge in [0, 0.05) is 44.2 Å². The van der Waals surface area contributed by atoms with Crippen LogP contribution in [-0.2, 0) is 16.1 Å². The predicted molar refractivity (Wildman–Crippen MR) is 101 cm³/mol. The first-order valence-corrected chi connectivity index (χ1v) is 8.78. The van der Waals surface area contributed by atoms with Crippen molar-refractivity contribution < 1.29 is 14.0 Å². The Bertz CT molecular complexity index is 776. The fourth-order valence-corrected chi connectivity index (χ4v) is 2.84. The summed E-state index contributed by atoms with van der Waals surface area (Å²) in [4.78, 5) is 27.8. The molecule has 138 valence electrons. The largest absolute Gasteiger partial charge is 0.338 e. The van der Waals surface area contributed by atoms with Crippen LogP contribution in [0.15, 0.2) is 48.5 Å². The molecule has 0 aromatic heterocycles. The fraction of sp³-hybridized carbons (Fsp3) is 0.333. The van der Waals surface area contributed by atoms with Crippen molar-refractivity contribution in [2.75, 3.05) is 18.0 Å². The second kappa shape index (κ2) is 9.13. The van der Waals surface area contributed by atoms with Crippen molar-refractivity contribution in [3.8, 4) is 0 Å². The lowest BCUT2D eigenvalue weighted by molar-refractivity contribution is -0.130. The van der Waals surface area contributed by atoms with Crippen LogP contribution >= 0.6 is 0 Å². The number of carbonyl (C=O) groups excluding carboxylic acids is 2. The Labute approximate surface area is 154 Å². The zero-order valence-corrected chi connectivity index (χ0v) is 15.5. The SMILES string of the molecule is CCN(C(=O)CCN(Cc1ccccc1F)C(C)=O)c1cccc(C)c1. The zero-order chi connectivity index (χ0) is 19.1. The minimum atomic E-state index is -0.347. The van der Waals surface area contributed by atoms with Crippen molar-refractivity contribution in [2.45, 2.75) is 33.7 Å². The highest BCUT2D eigenvalue weighted by Crippen LogP contribution is 2.17. The summed E-state index contributed by atoms with van der Waals surface area (Å²) in [6.07, 6.45) is 0.190. The number of carbonyl (C=O) groups is 2. The second-order valence-electron chi connectivity index (χ2n) is 6.26. The van der Waals surface area contributed by atoms with E-state index in [1.807, 2.05) is 38.1 Å². The maximum atomic E-state index is 13.8. The molecule has 0 aliphatic heterocycles. The third-order valence-electron chi connectivity index (χ3n) is 4.29. The molecule has 0 aliphatic carbocycles. The lowest BCUT2D eigenvalue weighted by atomic mass is 10.2. The molecular formula is C21H25FN2O2. The Morgan fingerprint density at radius 2 is 1.81 bits per heavy atom. The predicted octanol–water partition coefficient (Wildman–Crippen LogP) is 3.93. The highest BCUT2D eigenvalue weighted by Gasteiger charge is 2.18. The molecule has 0 unspecified atom stereocenters. The molecule has 2 aromatic rings. The molecule has 0 radical (unpaired) electrons. The van der Waals surface area contributed by atoms with Gasteiger partial charge in [0.25, 0.3) is 0 Å². The Morgan fingerprint density at radius 3 is 2.42 bits per heavy atom. The van der Waals surface area contributed by atoms with E-state index in [-0.39, 0.29) is 37.1 Å². The van der Waals surface area contributed by atoms with Gasteiger partial charge in [0.05, 0.1) is 0 Å². The molecule has 0 heterocycles. The highest BCUT2D eigenvalue weighted by molar-refractivity contribution is 5.93. The number of hydrogen-bond acceptors (Lipinski definition) is 2. The fourth-order valence-electron chi connectivity index (χ4n) is 2.84. The molecule has 0 saturated carbocycles. The molecule has 0 spiro atoms. The maximum Gasteiger partial charge on any atom is 0.228 e. The topological polar surface area (TPSA) is 40.6 Å². The van der Waals surface area contributed by atoms with E-state index in [2.05, 4.69) is 0 Å². The Morgan fingerprint density at radius 1 is 1.08 bits per heavy atom. The van der Waals surface area contributed by atoms with Gasteiger partial charge in [0.15, 0.2) is 0 Å². The average Bonchev–Trinajstić information content (AvgIpc) is 2.60. The van der Waals surface area contributed by atoms with Crippen LogP contribution in [0.1, 0.15) is 31.4 Å². The van der Waals surface area contributed by atoms with E-state index in [0.29, 0.717) is 12.1 Å². The molecule has 0 N–H and O–H groups in total. The van der Waals surface area contributed by atoms with E-state index in [4.69, 9.17) is 0 Å². The van der Waals surface area contributed by atoms with Crippen molar-refractivity contribution in [2.24, 2.45) is 0 Å². The van der Waals surface area contributed by atoms with Gasteiger partial charge >= 0.3 is 0 Å². The number of rotatable bonds is 7. The van der Waals surface area contributed by atoms with E-state index >= 15 is 0 Å². The average molecular weight is 356 g/mol. The molecule has 2 amide bonds. The van der Waals surface area contributed by atoms with Crippen molar-refractivity contribution in [3.63, 3.8) is 0 Å². The Balaban J connectivity index is 2.04. The summed E-state index contributed by atoms with van der Waals surface area (Å²) in [5.41, 5.74) is 2.38. The summed E-state index contributed by atoms with van der Waals surface area (Å²) in [5, 5.41) is 0. The van der Waals surface area contributed by atoms with Gasteiger partial charge in [0.2, 0.25) is 11.8 Å². The van der Waals surface area contributed by atoms with Crippen LogP contribution in [0.25, 0.3) is 0 Å². The molecule has 26 heavy (non-hydrogen) atoms. The third kappa shape index (κ3) is 5.15. The summed E-state index contributed by atoms with van der Waals surface area (Å²) in [6.45, 7) is 6.30. The Hall–Kier alpha value is -2.69. The zero-order valence-electron chi connectivity index (χ0n) is 15.5. The standard InChI is InChI=1S/C21H25FN2O2/c1-4-24(19-10-7-8-16(2)14-19)21(26)12-13-23(17(3)25)15-18-9-5-6-11-20(18)22/h5-11,14H,4,12-13,15H2,1-3H3. The number of benzene rings is 2. The lowest BCUT2D eigenvalue weighted by Gasteiger charge is -2.25. The van der Waals surface area contributed by atoms with Gasteiger partial charge in [-0.2, -0.15) is 0 Å². The molecule has 5 heteroatoms. The molecule has 2 rings (SSSR count). The smallest absolute Gasteiger partial charge is 0.228 e. The number of hydrogen-bond donors (Lipinski definition) is 0.